The molecule has 0 aliphatic rings. The minimum absolute atomic E-state index is 0.0301. The van der Waals surface area contributed by atoms with Gasteiger partial charge in [0.05, 0.1) is 34.4 Å². The van der Waals surface area contributed by atoms with Crippen LogP contribution in [-0.2, 0) is 27.9 Å². The minimum atomic E-state index is -4.50. The third-order valence-electron chi connectivity index (χ3n) is 8.16. The highest BCUT2D eigenvalue weighted by Gasteiger charge is 2.20. The quantitative estimate of drug-likeness (QED) is 0.0288. The fraction of sp³-hybridized carbons (Fsp3) is 0.972. The topological polar surface area (TPSA) is 94.1 Å². The number of unbranched alkanes of at least 4 members (excludes halogenated alkanes) is 21. The van der Waals surface area contributed by atoms with E-state index in [9.17, 15) is 14.3 Å². The summed E-state index contributed by atoms with van der Waals surface area (Å²) in [7, 11) is 1.36. The lowest BCUT2D eigenvalue weighted by molar-refractivity contribution is -0.870. The first kappa shape index (κ1) is 44.5. The number of carbonyl (C=O) groups is 1. The summed E-state index contributed by atoms with van der Waals surface area (Å²) in [5.74, 6) is -0.344. The minimum Gasteiger partial charge on any atom is -0.756 e. The van der Waals surface area contributed by atoms with E-state index in [0.717, 1.165) is 44.9 Å². The van der Waals surface area contributed by atoms with E-state index in [2.05, 4.69) is 13.8 Å². The lowest BCUT2D eigenvalue weighted by Gasteiger charge is -2.28. The maximum atomic E-state index is 12.4. The maximum absolute atomic E-state index is 12.4. The number of nitrogens with zero attached hydrogens (tertiary/aromatic N) is 1. The second-order valence-corrected chi connectivity index (χ2v) is 15.4. The van der Waals surface area contributed by atoms with Crippen molar-refractivity contribution in [1.82, 2.24) is 0 Å². The Morgan fingerprint density at radius 2 is 1.02 bits per heavy atom. The highest BCUT2D eigenvalue weighted by atomic mass is 31.2. The normalized spacial score (nSPS) is 14.0. The molecule has 0 bridgehead atoms. The Hall–Kier alpha value is -0.500. The van der Waals surface area contributed by atoms with Crippen LogP contribution in [0.1, 0.15) is 168 Å². The van der Waals surface area contributed by atoms with E-state index < -0.39 is 13.9 Å². The van der Waals surface area contributed by atoms with Crippen molar-refractivity contribution in [2.45, 2.75) is 174 Å². The van der Waals surface area contributed by atoms with E-state index in [4.69, 9.17) is 18.5 Å². The standard InChI is InChI=1S/C36H74NO7P/c1-6-8-10-12-13-14-15-16-17-18-19-20-21-22-23-24-26-28-31-41-33-35(44-36(38)29-27-25-11-9-7-2)34-43-45(39,40)42-32-30-37(3,4)5/h35H,6-34H2,1-5H3. The van der Waals surface area contributed by atoms with E-state index in [1.165, 1.54) is 103 Å². The van der Waals surface area contributed by atoms with Gasteiger partial charge < -0.3 is 27.9 Å². The molecule has 0 saturated heterocycles. The van der Waals surface area contributed by atoms with Gasteiger partial charge in [-0.05, 0) is 12.8 Å². The van der Waals surface area contributed by atoms with Gasteiger partial charge in [-0.25, -0.2) is 0 Å². The molecule has 0 aromatic rings. The van der Waals surface area contributed by atoms with Crippen molar-refractivity contribution >= 4 is 13.8 Å². The van der Waals surface area contributed by atoms with Gasteiger partial charge in [-0.15, -0.1) is 0 Å². The number of quaternary nitrogens is 1. The Morgan fingerprint density at radius 1 is 0.600 bits per heavy atom. The molecule has 2 atom stereocenters. The van der Waals surface area contributed by atoms with Crippen molar-refractivity contribution in [2.75, 3.05) is 54.1 Å². The lowest BCUT2D eigenvalue weighted by Crippen LogP contribution is -2.37. The summed E-state index contributed by atoms with van der Waals surface area (Å²) < 4.78 is 34.2. The van der Waals surface area contributed by atoms with Gasteiger partial charge in [0.2, 0.25) is 0 Å². The lowest BCUT2D eigenvalue weighted by atomic mass is 10.0. The molecule has 0 saturated carbocycles. The van der Waals surface area contributed by atoms with Gasteiger partial charge in [-0.1, -0.05) is 149 Å². The van der Waals surface area contributed by atoms with E-state index in [1.54, 1.807) is 0 Å². The molecule has 0 radical (unpaired) electrons. The van der Waals surface area contributed by atoms with E-state index in [-0.39, 0.29) is 25.8 Å². The average molecular weight is 664 g/mol. The summed E-state index contributed by atoms with van der Waals surface area (Å²) in [6.07, 6.45) is 28.6. The number of hydrogen-bond donors (Lipinski definition) is 0. The summed E-state index contributed by atoms with van der Waals surface area (Å²) in [6, 6.07) is 0. The van der Waals surface area contributed by atoms with Crippen molar-refractivity contribution in [3.05, 3.63) is 0 Å². The molecule has 2 unspecified atom stereocenters. The van der Waals surface area contributed by atoms with Gasteiger partial charge in [0, 0.05) is 13.0 Å². The molecule has 0 heterocycles. The molecular formula is C36H74NO7P. The molecule has 0 fully saturated rings. The van der Waals surface area contributed by atoms with Crippen molar-refractivity contribution in [1.29, 1.82) is 0 Å². The fourth-order valence-electron chi connectivity index (χ4n) is 5.19. The predicted molar refractivity (Wildman–Crippen MR) is 185 cm³/mol. The zero-order chi connectivity index (χ0) is 33.5. The van der Waals surface area contributed by atoms with Crippen LogP contribution in [0.4, 0.5) is 0 Å². The zero-order valence-electron chi connectivity index (χ0n) is 30.3. The molecule has 0 N–H and O–H groups in total. The van der Waals surface area contributed by atoms with Crippen molar-refractivity contribution in [3.8, 4) is 0 Å². The molecule has 0 aromatic heterocycles. The molecule has 8 nitrogen and oxygen atoms in total. The van der Waals surface area contributed by atoms with E-state index in [1.807, 2.05) is 21.1 Å². The van der Waals surface area contributed by atoms with E-state index in [0.29, 0.717) is 24.1 Å². The summed E-state index contributed by atoms with van der Waals surface area (Å²) in [6.45, 7) is 5.35. The summed E-state index contributed by atoms with van der Waals surface area (Å²) in [4.78, 5) is 24.6. The highest BCUT2D eigenvalue weighted by Crippen LogP contribution is 2.38. The predicted octanol–water partition coefficient (Wildman–Crippen LogP) is 9.52. The first-order chi connectivity index (χ1) is 21.6. The van der Waals surface area contributed by atoms with Gasteiger partial charge in [0.25, 0.3) is 7.82 Å². The molecule has 0 aliphatic heterocycles. The second kappa shape index (κ2) is 30.8. The Balaban J connectivity index is 4.03. The van der Waals surface area contributed by atoms with Crippen LogP contribution in [0, 0.1) is 0 Å². The number of rotatable bonds is 35. The number of ether oxygens (including phenoxy) is 2. The van der Waals surface area contributed by atoms with Crippen LogP contribution < -0.4 is 4.89 Å². The molecule has 0 amide bonds. The van der Waals surface area contributed by atoms with Gasteiger partial charge in [-0.2, -0.15) is 0 Å². The van der Waals surface area contributed by atoms with Crippen molar-refractivity contribution in [2.24, 2.45) is 0 Å². The molecule has 45 heavy (non-hydrogen) atoms. The molecular weight excluding hydrogens is 589 g/mol. The molecule has 9 heteroatoms. The van der Waals surface area contributed by atoms with E-state index >= 15 is 0 Å². The highest BCUT2D eigenvalue weighted by molar-refractivity contribution is 7.45. The number of likely N-dealkylation sites (N-methyl/N-ethyl adjacent to an activating group) is 1. The summed E-state index contributed by atoms with van der Waals surface area (Å²) in [5, 5.41) is 0. The van der Waals surface area contributed by atoms with Crippen molar-refractivity contribution < 1.29 is 37.3 Å². The second-order valence-electron chi connectivity index (χ2n) is 14.0. The van der Waals surface area contributed by atoms with Gasteiger partial charge in [0.15, 0.2) is 0 Å². The third kappa shape index (κ3) is 34.6. The van der Waals surface area contributed by atoms with Crippen LogP contribution >= 0.6 is 7.82 Å². The number of esters is 1. The van der Waals surface area contributed by atoms with Crippen molar-refractivity contribution in [3.63, 3.8) is 0 Å². The number of phosphoric acid groups is 1. The number of hydrogen-bond acceptors (Lipinski definition) is 7. The van der Waals surface area contributed by atoms with Gasteiger partial charge in [-0.3, -0.25) is 9.36 Å². The Morgan fingerprint density at radius 3 is 1.47 bits per heavy atom. The van der Waals surface area contributed by atoms with Crippen LogP contribution in [-0.4, -0.2) is 70.7 Å². The zero-order valence-corrected chi connectivity index (χ0v) is 31.2. The largest absolute Gasteiger partial charge is 0.756 e. The first-order valence-electron chi connectivity index (χ1n) is 18.8. The van der Waals surface area contributed by atoms with Crippen LogP contribution in [0.25, 0.3) is 0 Å². The SMILES string of the molecule is CCCCCCCCCCCCCCCCCCCCOCC(COP(=O)([O-])OCC[N+](C)(C)C)OC(=O)CCCCCCC. The molecule has 270 valence electrons. The number of carbonyl (C=O) groups excluding carboxylic acids is 1. The van der Waals surface area contributed by atoms with Crippen LogP contribution in [0.2, 0.25) is 0 Å². The smallest absolute Gasteiger partial charge is 0.306 e. The maximum Gasteiger partial charge on any atom is 0.306 e. The molecule has 0 rings (SSSR count). The molecule has 0 spiro atoms. The van der Waals surface area contributed by atoms with Crippen LogP contribution in [0.15, 0.2) is 0 Å². The average Bonchev–Trinajstić information content (AvgIpc) is 2.98. The van der Waals surface area contributed by atoms with Crippen LogP contribution in [0.5, 0.6) is 0 Å². The van der Waals surface area contributed by atoms with Crippen LogP contribution in [0.3, 0.4) is 0 Å². The summed E-state index contributed by atoms with van der Waals surface area (Å²) in [5.41, 5.74) is 0. The monoisotopic (exact) mass is 664 g/mol. The third-order valence-corrected chi connectivity index (χ3v) is 9.12. The first-order valence-corrected chi connectivity index (χ1v) is 20.2. The number of phosphoric ester groups is 1. The van der Waals surface area contributed by atoms with Gasteiger partial charge >= 0.3 is 5.97 Å². The van der Waals surface area contributed by atoms with Gasteiger partial charge in [0.1, 0.15) is 19.3 Å². The molecule has 0 aromatic carbocycles. The molecule has 0 aliphatic carbocycles. The fourth-order valence-corrected chi connectivity index (χ4v) is 5.92. The Labute approximate surface area is 278 Å². The Bertz CT molecular complexity index is 701. The summed E-state index contributed by atoms with van der Waals surface area (Å²) >= 11 is 0. The Kier molecular flexibility index (Phi) is 30.5.